The van der Waals surface area contributed by atoms with Gasteiger partial charge in [0.15, 0.2) is 0 Å². The molecule has 0 bridgehead atoms. The second-order valence-corrected chi connectivity index (χ2v) is 9.88. The van der Waals surface area contributed by atoms with Gasteiger partial charge >= 0.3 is 0 Å². The Morgan fingerprint density at radius 1 is 1.17 bits per heavy atom. The van der Waals surface area contributed by atoms with Crippen molar-refractivity contribution in [2.45, 2.75) is 13.0 Å². The highest BCUT2D eigenvalue weighted by Gasteiger charge is 2.26. The number of pyridine rings is 1. The number of methoxy groups -OCH3 is 1. The average molecular weight is 576 g/mol. The zero-order valence-corrected chi connectivity index (χ0v) is 23.4. The van der Waals surface area contributed by atoms with Gasteiger partial charge in [0.25, 0.3) is 0 Å². The molecule has 3 aromatic heterocycles. The molecule has 0 unspecified atom stereocenters. The summed E-state index contributed by atoms with van der Waals surface area (Å²) in [5.74, 6) is 0.316. The predicted molar refractivity (Wildman–Crippen MR) is 159 cm³/mol. The summed E-state index contributed by atoms with van der Waals surface area (Å²) in [5.41, 5.74) is 9.69. The highest BCUT2D eigenvalue weighted by atomic mass is 35.5. The Labute approximate surface area is 241 Å². The number of amides is 2. The molecule has 0 aliphatic carbocycles. The maximum absolute atomic E-state index is 12.4. The van der Waals surface area contributed by atoms with Crippen molar-refractivity contribution < 1.29 is 14.3 Å². The van der Waals surface area contributed by atoms with Crippen LogP contribution in [0.4, 0.5) is 23.0 Å². The lowest BCUT2D eigenvalue weighted by Crippen LogP contribution is -2.52. The van der Waals surface area contributed by atoms with E-state index in [0.717, 1.165) is 16.8 Å². The minimum absolute atomic E-state index is 0.0894. The van der Waals surface area contributed by atoms with E-state index >= 15 is 0 Å². The van der Waals surface area contributed by atoms with Gasteiger partial charge in [-0.05, 0) is 31.2 Å². The van der Waals surface area contributed by atoms with Crippen LogP contribution in [0.15, 0.2) is 61.6 Å². The van der Waals surface area contributed by atoms with Crippen molar-refractivity contribution in [2.24, 2.45) is 5.73 Å². The lowest BCUT2D eigenvalue weighted by atomic mass is 10.1. The molecule has 1 aliphatic heterocycles. The van der Waals surface area contributed by atoms with Crippen LogP contribution in [0, 0.1) is 0 Å². The molecule has 41 heavy (non-hydrogen) atoms. The summed E-state index contributed by atoms with van der Waals surface area (Å²) in [6.07, 6.45) is 6.26. The van der Waals surface area contributed by atoms with E-state index in [9.17, 15) is 9.59 Å². The van der Waals surface area contributed by atoms with E-state index in [2.05, 4.69) is 37.2 Å². The van der Waals surface area contributed by atoms with Gasteiger partial charge in [-0.2, -0.15) is 5.10 Å². The number of aromatic nitrogens is 4. The van der Waals surface area contributed by atoms with E-state index in [1.54, 1.807) is 35.7 Å². The summed E-state index contributed by atoms with van der Waals surface area (Å²) in [6, 6.07) is 8.75. The number of nitrogens with one attached hydrogen (secondary N) is 2. The lowest BCUT2D eigenvalue weighted by Gasteiger charge is -2.37. The molecule has 0 radical (unpaired) electrons. The van der Waals surface area contributed by atoms with E-state index in [0.29, 0.717) is 54.0 Å². The van der Waals surface area contributed by atoms with Gasteiger partial charge in [-0.25, -0.2) is 14.5 Å². The first-order valence-corrected chi connectivity index (χ1v) is 13.3. The molecule has 4 aromatic rings. The fourth-order valence-corrected chi connectivity index (χ4v) is 4.88. The van der Waals surface area contributed by atoms with Crippen LogP contribution >= 0.6 is 11.6 Å². The van der Waals surface area contributed by atoms with Gasteiger partial charge in [0.2, 0.25) is 17.8 Å². The largest absolute Gasteiger partial charge is 0.494 e. The molecule has 12 nitrogen and oxygen atoms in total. The summed E-state index contributed by atoms with van der Waals surface area (Å²) in [6.45, 7) is 7.36. The van der Waals surface area contributed by atoms with Gasteiger partial charge in [-0.3, -0.25) is 9.59 Å². The zero-order valence-electron chi connectivity index (χ0n) is 22.7. The topological polar surface area (TPSA) is 143 Å². The quantitative estimate of drug-likeness (QED) is 0.270. The van der Waals surface area contributed by atoms with Crippen LogP contribution in [-0.2, 0) is 9.59 Å². The molecule has 212 valence electrons. The molecular weight excluding hydrogens is 546 g/mol. The molecule has 4 heterocycles. The van der Waals surface area contributed by atoms with Crippen LogP contribution in [0.25, 0.3) is 16.8 Å². The first kappa shape index (κ1) is 27.9. The minimum atomic E-state index is -0.558. The smallest absolute Gasteiger partial charge is 0.247 e. The Kier molecular flexibility index (Phi) is 8.04. The number of hydrogen-bond acceptors (Lipinski definition) is 9. The van der Waals surface area contributed by atoms with Crippen molar-refractivity contribution in [3.63, 3.8) is 0 Å². The molecule has 1 atom stereocenters. The molecule has 2 amide bonds. The zero-order chi connectivity index (χ0) is 29.1. The normalized spacial score (nSPS) is 14.0. The third kappa shape index (κ3) is 5.79. The Bertz CT molecular complexity index is 1610. The van der Waals surface area contributed by atoms with Gasteiger partial charge in [-0.1, -0.05) is 24.2 Å². The number of benzene rings is 1. The van der Waals surface area contributed by atoms with Gasteiger partial charge in [-0.15, -0.1) is 0 Å². The average Bonchev–Trinajstić information content (AvgIpc) is 3.42. The second kappa shape index (κ2) is 11.8. The molecule has 0 spiro atoms. The first-order chi connectivity index (χ1) is 19.8. The van der Waals surface area contributed by atoms with Crippen LogP contribution in [-0.4, -0.2) is 75.6 Å². The van der Waals surface area contributed by atoms with Crippen molar-refractivity contribution in [3.05, 3.63) is 66.6 Å². The molecule has 1 aromatic carbocycles. The number of rotatable bonds is 8. The number of hydrogen-bond donors (Lipinski definition) is 3. The number of anilines is 4. The number of carbonyl (C=O) groups excluding carboxylic acids is 2. The van der Waals surface area contributed by atoms with E-state index in [1.807, 2.05) is 30.5 Å². The first-order valence-electron chi connectivity index (χ1n) is 13.0. The van der Waals surface area contributed by atoms with Gasteiger partial charge in [0.1, 0.15) is 5.75 Å². The number of nitrogens with zero attached hydrogens (tertiary/aromatic N) is 6. The predicted octanol–water partition coefficient (Wildman–Crippen LogP) is 3.32. The van der Waals surface area contributed by atoms with Gasteiger partial charge in [0.05, 0.1) is 58.8 Å². The number of halogens is 1. The van der Waals surface area contributed by atoms with Crippen LogP contribution in [0.5, 0.6) is 5.75 Å². The summed E-state index contributed by atoms with van der Waals surface area (Å²) in [4.78, 5) is 37.6. The van der Waals surface area contributed by atoms with E-state index in [4.69, 9.17) is 22.1 Å². The van der Waals surface area contributed by atoms with Crippen molar-refractivity contribution in [1.82, 2.24) is 24.5 Å². The van der Waals surface area contributed by atoms with E-state index in [1.165, 1.54) is 12.3 Å². The van der Waals surface area contributed by atoms with Crippen molar-refractivity contribution >= 4 is 51.9 Å². The Hall–Kier alpha value is -4.68. The highest BCUT2D eigenvalue weighted by molar-refractivity contribution is 6.33. The van der Waals surface area contributed by atoms with Crippen LogP contribution in [0.2, 0.25) is 5.02 Å². The minimum Gasteiger partial charge on any atom is -0.494 e. The molecule has 5 rings (SSSR count). The molecule has 1 saturated heterocycles. The summed E-state index contributed by atoms with van der Waals surface area (Å²) >= 11 is 6.49. The molecule has 13 heteroatoms. The number of carbonyl (C=O) groups is 2. The Balaban J connectivity index is 1.47. The fourth-order valence-electron chi connectivity index (χ4n) is 4.69. The van der Waals surface area contributed by atoms with Crippen molar-refractivity contribution in [3.8, 4) is 17.0 Å². The van der Waals surface area contributed by atoms with E-state index in [-0.39, 0.29) is 17.8 Å². The molecule has 1 aliphatic rings. The van der Waals surface area contributed by atoms with E-state index < -0.39 is 6.04 Å². The monoisotopic (exact) mass is 575 g/mol. The summed E-state index contributed by atoms with van der Waals surface area (Å²) in [5, 5.41) is 10.8. The molecule has 4 N–H and O–H groups in total. The molecular formula is C28H30ClN9O3. The third-order valence-corrected chi connectivity index (χ3v) is 7.03. The maximum Gasteiger partial charge on any atom is 0.247 e. The Morgan fingerprint density at radius 2 is 1.95 bits per heavy atom. The molecule has 1 fully saturated rings. The van der Waals surface area contributed by atoms with Crippen molar-refractivity contribution in [1.29, 1.82) is 0 Å². The van der Waals surface area contributed by atoms with Gasteiger partial charge in [0, 0.05) is 44.0 Å². The van der Waals surface area contributed by atoms with Crippen molar-refractivity contribution in [2.75, 3.05) is 48.8 Å². The van der Waals surface area contributed by atoms with Crippen LogP contribution < -0.4 is 26.0 Å². The van der Waals surface area contributed by atoms with Gasteiger partial charge < -0.3 is 30.9 Å². The maximum atomic E-state index is 12.4. The highest BCUT2D eigenvalue weighted by Crippen LogP contribution is 2.39. The van der Waals surface area contributed by atoms with Crippen LogP contribution in [0.3, 0.4) is 0 Å². The fraction of sp³-hybridized carbons (Fsp3) is 0.250. The second-order valence-electron chi connectivity index (χ2n) is 9.47. The SMILES string of the molecule is C=CC(=O)Nc1cc(Nc2ncc(Cl)c(-c3cnn4ccccc34)n2)c(OC)cc1N1CCN(C(=O)[C@@H](C)N)CC1. The summed E-state index contributed by atoms with van der Waals surface area (Å²) < 4.78 is 7.45. The number of fused-ring (bicyclic) bond motifs is 1. The van der Waals surface area contributed by atoms with Crippen LogP contribution in [0.1, 0.15) is 6.92 Å². The standard InChI is InChI=1S/C28H30ClN9O3/c1-4-25(39)33-20-13-21(24(41-3)14-23(20)36-9-11-37(12-10-36)27(40)17(2)30)34-28-31-16-19(29)26(35-28)18-15-32-38-8-6-5-7-22(18)38/h4-8,13-17H,1,9-12,30H2,2-3H3,(H,33,39)(H,31,34,35)/t17-/m1/s1. The lowest BCUT2D eigenvalue weighted by molar-refractivity contribution is -0.132. The Morgan fingerprint density at radius 3 is 2.66 bits per heavy atom. The molecule has 0 saturated carbocycles. The number of piperazine rings is 1. The summed E-state index contributed by atoms with van der Waals surface area (Å²) in [7, 11) is 1.55. The number of ether oxygens (including phenoxy) is 1. The number of nitrogens with two attached hydrogens (primary N) is 1. The third-order valence-electron chi connectivity index (χ3n) is 6.75.